The van der Waals surface area contributed by atoms with Gasteiger partial charge in [-0.2, -0.15) is 0 Å². The van der Waals surface area contributed by atoms with Gasteiger partial charge in [-0.15, -0.1) is 0 Å². The van der Waals surface area contributed by atoms with E-state index in [4.69, 9.17) is 9.84 Å². The summed E-state index contributed by atoms with van der Waals surface area (Å²) in [4.78, 5) is 10.8. The predicted octanol–water partition coefficient (Wildman–Crippen LogP) is 2.55. The Bertz CT molecular complexity index is 572. The Labute approximate surface area is 105 Å². The monoisotopic (exact) mass is 245 g/mol. The standard InChI is InChI=1S/C14H15NO3/c1-10-3-4-13(18-2)12(7-10)9-15-6-5-11(8-15)14(16)17/h3-8H,9H2,1-2H3,(H,16,17). The zero-order valence-corrected chi connectivity index (χ0v) is 10.4. The average Bonchev–Trinajstić information content (AvgIpc) is 2.78. The second kappa shape index (κ2) is 4.96. The van der Waals surface area contributed by atoms with Gasteiger partial charge in [-0.25, -0.2) is 4.79 Å². The number of ether oxygens (including phenoxy) is 1. The van der Waals surface area contributed by atoms with E-state index in [2.05, 4.69) is 0 Å². The number of aryl methyl sites for hydroxylation is 1. The van der Waals surface area contributed by atoms with Crippen LogP contribution in [0, 0.1) is 6.92 Å². The average molecular weight is 245 g/mol. The SMILES string of the molecule is COc1ccc(C)cc1Cn1ccc(C(=O)O)c1. The summed E-state index contributed by atoms with van der Waals surface area (Å²) in [5, 5.41) is 8.87. The molecule has 0 radical (unpaired) electrons. The van der Waals surface area contributed by atoms with Gasteiger partial charge in [0, 0.05) is 18.0 Å². The number of hydrogen-bond donors (Lipinski definition) is 1. The van der Waals surface area contributed by atoms with Crippen molar-refractivity contribution in [2.75, 3.05) is 7.11 Å². The molecule has 18 heavy (non-hydrogen) atoms. The van der Waals surface area contributed by atoms with Crippen LogP contribution in [-0.4, -0.2) is 22.8 Å². The van der Waals surface area contributed by atoms with Crippen molar-refractivity contribution >= 4 is 5.97 Å². The smallest absolute Gasteiger partial charge is 0.337 e. The van der Waals surface area contributed by atoms with Gasteiger partial charge in [0.05, 0.1) is 19.2 Å². The van der Waals surface area contributed by atoms with Crippen molar-refractivity contribution in [3.8, 4) is 5.75 Å². The minimum Gasteiger partial charge on any atom is -0.496 e. The minimum atomic E-state index is -0.912. The third kappa shape index (κ3) is 2.53. The van der Waals surface area contributed by atoms with Crippen LogP contribution < -0.4 is 4.74 Å². The molecule has 0 atom stereocenters. The molecular weight excluding hydrogens is 230 g/mol. The number of rotatable bonds is 4. The number of methoxy groups -OCH3 is 1. The van der Waals surface area contributed by atoms with Gasteiger partial charge in [0.25, 0.3) is 0 Å². The van der Waals surface area contributed by atoms with Gasteiger partial charge in [0.2, 0.25) is 0 Å². The Balaban J connectivity index is 2.27. The van der Waals surface area contributed by atoms with Crippen LogP contribution in [0.4, 0.5) is 0 Å². The molecule has 0 unspecified atom stereocenters. The van der Waals surface area contributed by atoms with Crippen molar-refractivity contribution in [3.63, 3.8) is 0 Å². The van der Waals surface area contributed by atoms with Crippen LogP contribution in [-0.2, 0) is 6.54 Å². The first-order chi connectivity index (χ1) is 8.60. The van der Waals surface area contributed by atoms with E-state index in [0.717, 1.165) is 16.9 Å². The number of benzene rings is 1. The maximum atomic E-state index is 10.8. The van der Waals surface area contributed by atoms with Gasteiger partial charge in [-0.05, 0) is 19.1 Å². The molecular formula is C14H15NO3. The number of nitrogens with zero attached hydrogens (tertiary/aromatic N) is 1. The van der Waals surface area contributed by atoms with Gasteiger partial charge in [-0.3, -0.25) is 0 Å². The van der Waals surface area contributed by atoms with E-state index < -0.39 is 5.97 Å². The zero-order valence-electron chi connectivity index (χ0n) is 10.4. The molecule has 1 aromatic carbocycles. The second-order valence-electron chi connectivity index (χ2n) is 4.19. The number of aromatic carboxylic acids is 1. The van der Waals surface area contributed by atoms with Crippen LogP contribution in [0.5, 0.6) is 5.75 Å². The number of hydrogen-bond acceptors (Lipinski definition) is 2. The lowest BCUT2D eigenvalue weighted by atomic mass is 10.1. The molecule has 0 saturated carbocycles. The molecule has 1 heterocycles. The summed E-state index contributed by atoms with van der Waals surface area (Å²) in [6.07, 6.45) is 3.37. The largest absolute Gasteiger partial charge is 0.496 e. The molecule has 0 amide bonds. The normalized spacial score (nSPS) is 10.3. The van der Waals surface area contributed by atoms with Crippen LogP contribution >= 0.6 is 0 Å². The maximum absolute atomic E-state index is 10.8. The Morgan fingerprint density at radius 1 is 1.39 bits per heavy atom. The molecule has 1 aromatic heterocycles. The third-order valence-corrected chi connectivity index (χ3v) is 2.79. The molecule has 2 aromatic rings. The molecule has 4 nitrogen and oxygen atoms in total. The molecule has 0 spiro atoms. The molecule has 0 saturated heterocycles. The van der Waals surface area contributed by atoms with E-state index in [1.165, 1.54) is 0 Å². The van der Waals surface area contributed by atoms with Crippen LogP contribution in [0.15, 0.2) is 36.7 Å². The van der Waals surface area contributed by atoms with Crippen molar-refractivity contribution in [1.82, 2.24) is 4.57 Å². The molecule has 4 heteroatoms. The van der Waals surface area contributed by atoms with Crippen LogP contribution in [0.3, 0.4) is 0 Å². The summed E-state index contributed by atoms with van der Waals surface area (Å²) in [7, 11) is 1.63. The number of aromatic nitrogens is 1. The molecule has 0 bridgehead atoms. The lowest BCUT2D eigenvalue weighted by Crippen LogP contribution is -2.01. The highest BCUT2D eigenvalue weighted by atomic mass is 16.5. The summed E-state index contributed by atoms with van der Waals surface area (Å²) in [6, 6.07) is 7.54. The highest BCUT2D eigenvalue weighted by Gasteiger charge is 2.07. The molecule has 0 aliphatic heterocycles. The van der Waals surface area contributed by atoms with Crippen LogP contribution in [0.25, 0.3) is 0 Å². The zero-order chi connectivity index (χ0) is 13.1. The Hall–Kier alpha value is -2.23. The molecule has 0 aliphatic rings. The first-order valence-corrected chi connectivity index (χ1v) is 5.62. The lowest BCUT2D eigenvalue weighted by molar-refractivity contribution is 0.0697. The van der Waals surface area contributed by atoms with Gasteiger partial charge in [0.15, 0.2) is 0 Å². The van der Waals surface area contributed by atoms with Crippen molar-refractivity contribution < 1.29 is 14.6 Å². The van der Waals surface area contributed by atoms with Gasteiger partial charge >= 0.3 is 5.97 Å². The van der Waals surface area contributed by atoms with Gasteiger partial charge < -0.3 is 14.4 Å². The highest BCUT2D eigenvalue weighted by molar-refractivity contribution is 5.87. The molecule has 2 rings (SSSR count). The van der Waals surface area contributed by atoms with Crippen molar-refractivity contribution in [3.05, 3.63) is 53.3 Å². The van der Waals surface area contributed by atoms with E-state index >= 15 is 0 Å². The minimum absolute atomic E-state index is 0.293. The predicted molar refractivity (Wildman–Crippen MR) is 68.2 cm³/mol. The van der Waals surface area contributed by atoms with Crippen molar-refractivity contribution in [1.29, 1.82) is 0 Å². The Morgan fingerprint density at radius 3 is 2.78 bits per heavy atom. The van der Waals surface area contributed by atoms with Crippen molar-refractivity contribution in [2.24, 2.45) is 0 Å². The second-order valence-corrected chi connectivity index (χ2v) is 4.19. The Morgan fingerprint density at radius 2 is 2.17 bits per heavy atom. The fraction of sp³-hybridized carbons (Fsp3) is 0.214. The number of carbonyl (C=O) groups is 1. The fourth-order valence-electron chi connectivity index (χ4n) is 1.89. The summed E-state index contributed by atoms with van der Waals surface area (Å²) in [6.45, 7) is 2.61. The van der Waals surface area contributed by atoms with Gasteiger partial charge in [-0.1, -0.05) is 17.7 Å². The first-order valence-electron chi connectivity index (χ1n) is 5.62. The van der Waals surface area contributed by atoms with Gasteiger partial charge in [0.1, 0.15) is 5.75 Å². The summed E-state index contributed by atoms with van der Waals surface area (Å²) in [5.41, 5.74) is 2.48. The number of carboxylic acids is 1. The Kier molecular flexibility index (Phi) is 3.37. The van der Waals surface area contributed by atoms with E-state index in [1.807, 2.05) is 29.7 Å². The third-order valence-electron chi connectivity index (χ3n) is 2.79. The maximum Gasteiger partial charge on any atom is 0.337 e. The van der Waals surface area contributed by atoms with Crippen molar-refractivity contribution in [2.45, 2.75) is 13.5 Å². The molecule has 94 valence electrons. The molecule has 1 N–H and O–H groups in total. The first kappa shape index (κ1) is 12.2. The molecule has 0 fully saturated rings. The highest BCUT2D eigenvalue weighted by Crippen LogP contribution is 2.21. The molecule has 0 aliphatic carbocycles. The number of carboxylic acid groups (broad SMARTS) is 1. The van der Waals surface area contributed by atoms with E-state index in [-0.39, 0.29) is 0 Å². The van der Waals surface area contributed by atoms with Crippen LogP contribution in [0.2, 0.25) is 0 Å². The summed E-state index contributed by atoms with van der Waals surface area (Å²) >= 11 is 0. The quantitative estimate of drug-likeness (QED) is 0.900. The fourth-order valence-corrected chi connectivity index (χ4v) is 1.89. The summed E-state index contributed by atoms with van der Waals surface area (Å²) < 4.78 is 7.13. The van der Waals surface area contributed by atoms with E-state index in [0.29, 0.717) is 12.1 Å². The topological polar surface area (TPSA) is 51.5 Å². The summed E-state index contributed by atoms with van der Waals surface area (Å²) in [5.74, 6) is -0.101. The van der Waals surface area contributed by atoms with Crippen LogP contribution in [0.1, 0.15) is 21.5 Å². The van der Waals surface area contributed by atoms with E-state index in [1.54, 1.807) is 25.6 Å². The lowest BCUT2D eigenvalue weighted by Gasteiger charge is -2.10. The van der Waals surface area contributed by atoms with E-state index in [9.17, 15) is 4.79 Å².